The van der Waals surface area contributed by atoms with E-state index in [4.69, 9.17) is 36.0 Å². The summed E-state index contributed by atoms with van der Waals surface area (Å²) in [4.78, 5) is 10.5. The van der Waals surface area contributed by atoms with Crippen molar-refractivity contribution in [2.24, 2.45) is 10.2 Å². The normalized spacial score (nSPS) is 13.5. The number of rotatable bonds is 27. The number of azo groups is 1. The molecule has 0 aliphatic carbocycles. The zero-order valence-corrected chi connectivity index (χ0v) is 31.1. The van der Waals surface area contributed by atoms with Gasteiger partial charge in [0.1, 0.15) is 5.69 Å². The number of hydrogen-bond donors (Lipinski definition) is 4. The van der Waals surface area contributed by atoms with Crippen LogP contribution in [0.2, 0.25) is 12.1 Å². The van der Waals surface area contributed by atoms with E-state index in [1.54, 1.807) is 60.9 Å². The lowest BCUT2D eigenvalue weighted by molar-refractivity contribution is -0.384. The molecule has 0 bridgehead atoms. The van der Waals surface area contributed by atoms with Crippen LogP contribution in [0.15, 0.2) is 52.7 Å². The van der Waals surface area contributed by atoms with Gasteiger partial charge < -0.3 is 56.9 Å². The van der Waals surface area contributed by atoms with Gasteiger partial charge in [0.05, 0.1) is 41.7 Å². The Bertz CT molecular complexity index is 1240. The molecule has 4 N–H and O–H groups in total. The minimum absolute atomic E-state index is 0.0509. The highest BCUT2D eigenvalue weighted by Crippen LogP contribution is 2.31. The summed E-state index contributed by atoms with van der Waals surface area (Å²) in [7, 11) is 4.00. The van der Waals surface area contributed by atoms with Crippen molar-refractivity contribution in [2.45, 2.75) is 37.1 Å². The fourth-order valence-electron chi connectivity index (χ4n) is 4.54. The van der Waals surface area contributed by atoms with E-state index in [1.807, 2.05) is 0 Å². The molecule has 0 amide bonds. The average Bonchev–Trinajstić information content (AvgIpc) is 3.13. The third-order valence-corrected chi connectivity index (χ3v) is 13.1. The number of benzene rings is 2. The number of nitrogens with one attached hydrogen (secondary N) is 2. The van der Waals surface area contributed by atoms with Gasteiger partial charge in [0.15, 0.2) is 0 Å². The Balaban J connectivity index is 1.97. The van der Waals surface area contributed by atoms with Gasteiger partial charge in [-0.3, -0.25) is 10.1 Å². The largest absolute Gasteiger partial charge is 0.500 e. The quantitative estimate of drug-likeness (QED) is 0.0336. The minimum Gasteiger partial charge on any atom is -0.389 e. The van der Waals surface area contributed by atoms with Crippen LogP contribution >= 0.6 is 0 Å². The summed E-state index contributed by atoms with van der Waals surface area (Å²) < 4.78 is 43.7. The standard InChI is InChI=1S/C30H51N5O12Si2/c1-40-48(41-2,42-3)17-7-15-46-22-27(36)20-31-25-11-14-29(34-33-24-9-12-26(13-10-24)35(38)39)30(19-25)32-21-28(37)23-47-16-8-18-49(43-4,44-5)45-6/h9-14,19,27-28,31-32,36-37H,7-8,15-18,20-23H2,1-6H3. The number of nitro benzene ring substituents is 1. The predicted octanol–water partition coefficient (Wildman–Crippen LogP) is 4.13. The Morgan fingerprint density at radius 3 is 1.69 bits per heavy atom. The van der Waals surface area contributed by atoms with Gasteiger partial charge in [-0.05, 0) is 43.2 Å². The molecule has 2 atom stereocenters. The summed E-state index contributed by atoms with van der Waals surface area (Å²) in [6.45, 7) is 1.37. The van der Waals surface area contributed by atoms with E-state index in [1.165, 1.54) is 24.3 Å². The molecule has 0 heterocycles. The lowest BCUT2D eigenvalue weighted by Crippen LogP contribution is -2.42. The molecule has 0 aliphatic heterocycles. The molecule has 276 valence electrons. The van der Waals surface area contributed by atoms with Crippen molar-refractivity contribution in [3.63, 3.8) is 0 Å². The van der Waals surface area contributed by atoms with Crippen LogP contribution in [0, 0.1) is 10.1 Å². The molecule has 0 fully saturated rings. The molecule has 0 saturated heterocycles. The second-order valence-electron chi connectivity index (χ2n) is 10.7. The Kier molecular flexibility index (Phi) is 19.6. The predicted molar refractivity (Wildman–Crippen MR) is 187 cm³/mol. The Morgan fingerprint density at radius 2 is 1.22 bits per heavy atom. The molecule has 49 heavy (non-hydrogen) atoms. The van der Waals surface area contributed by atoms with Crippen LogP contribution in [0.3, 0.4) is 0 Å². The zero-order chi connectivity index (χ0) is 36.1. The van der Waals surface area contributed by atoms with Crippen LogP contribution in [-0.2, 0) is 36.0 Å². The molecule has 0 radical (unpaired) electrons. The second kappa shape index (κ2) is 22.7. The maximum Gasteiger partial charge on any atom is 0.500 e. The highest BCUT2D eigenvalue weighted by molar-refractivity contribution is 6.60. The fraction of sp³-hybridized carbons (Fsp3) is 0.600. The maximum absolute atomic E-state index is 11.0. The molecule has 17 nitrogen and oxygen atoms in total. The average molecular weight is 730 g/mol. The fourth-order valence-corrected chi connectivity index (χ4v) is 7.92. The third kappa shape index (κ3) is 14.8. The van der Waals surface area contributed by atoms with Crippen LogP contribution in [-0.4, -0.2) is 127 Å². The van der Waals surface area contributed by atoms with Crippen LogP contribution in [0.1, 0.15) is 12.8 Å². The van der Waals surface area contributed by atoms with Gasteiger partial charge in [0, 0.05) is 98.9 Å². The molecule has 2 aromatic carbocycles. The number of aliphatic hydroxyl groups excluding tert-OH is 2. The molecular formula is C30H51N5O12Si2. The second-order valence-corrected chi connectivity index (χ2v) is 16.9. The van der Waals surface area contributed by atoms with Crippen LogP contribution in [0.5, 0.6) is 0 Å². The number of ether oxygens (including phenoxy) is 2. The molecular weight excluding hydrogens is 679 g/mol. The number of aliphatic hydroxyl groups is 2. The molecule has 2 aromatic rings. The number of nitro groups is 1. The topological polar surface area (TPSA) is 206 Å². The highest BCUT2D eigenvalue weighted by Gasteiger charge is 2.37. The van der Waals surface area contributed by atoms with Gasteiger partial charge >= 0.3 is 17.6 Å². The number of non-ortho nitro benzene ring substituents is 1. The van der Waals surface area contributed by atoms with Gasteiger partial charge in [0.25, 0.3) is 5.69 Å². The van der Waals surface area contributed by atoms with E-state index >= 15 is 0 Å². The molecule has 19 heteroatoms. The summed E-state index contributed by atoms with van der Waals surface area (Å²) >= 11 is 0. The first-order valence-corrected chi connectivity index (χ1v) is 19.6. The monoisotopic (exact) mass is 729 g/mol. The maximum atomic E-state index is 11.0. The van der Waals surface area contributed by atoms with Crippen molar-refractivity contribution in [3.8, 4) is 0 Å². The SMILES string of the molecule is CO[Si](CCCOCC(O)CNc1ccc(N=Nc2ccc([N+](=O)[O-])cc2)c(NCC(O)COCCC[Si](OC)(OC)OC)c1)(OC)OC. The Morgan fingerprint density at radius 1 is 0.735 bits per heavy atom. The van der Waals surface area contributed by atoms with E-state index in [-0.39, 0.29) is 32.0 Å². The molecule has 2 rings (SSSR count). The zero-order valence-electron chi connectivity index (χ0n) is 29.1. The lowest BCUT2D eigenvalue weighted by atomic mass is 10.2. The summed E-state index contributed by atoms with van der Waals surface area (Å²) in [5.41, 5.74) is 2.07. The van der Waals surface area contributed by atoms with E-state index in [2.05, 4.69) is 20.9 Å². The number of anilines is 2. The van der Waals surface area contributed by atoms with Crippen molar-refractivity contribution < 1.29 is 51.2 Å². The first kappa shape index (κ1) is 42.2. The van der Waals surface area contributed by atoms with Crippen molar-refractivity contribution in [3.05, 3.63) is 52.6 Å². The number of nitrogens with zero attached hydrogens (tertiary/aromatic N) is 3. The molecule has 2 unspecified atom stereocenters. The van der Waals surface area contributed by atoms with E-state index in [0.29, 0.717) is 60.9 Å². The molecule has 0 aliphatic rings. The number of hydrogen-bond acceptors (Lipinski definition) is 16. The Hall–Kier alpha value is -2.93. The van der Waals surface area contributed by atoms with Gasteiger partial charge in [-0.15, -0.1) is 5.11 Å². The third-order valence-electron chi connectivity index (χ3n) is 7.43. The molecule has 0 aromatic heterocycles. The minimum atomic E-state index is -2.69. The summed E-state index contributed by atoms with van der Waals surface area (Å²) in [6.07, 6.45) is -0.330. The van der Waals surface area contributed by atoms with Gasteiger partial charge in [-0.1, -0.05) is 0 Å². The van der Waals surface area contributed by atoms with E-state index in [9.17, 15) is 20.3 Å². The lowest BCUT2D eigenvalue weighted by Gasteiger charge is -2.24. The summed E-state index contributed by atoms with van der Waals surface area (Å²) in [6, 6.07) is 12.1. The van der Waals surface area contributed by atoms with Gasteiger partial charge in [0.2, 0.25) is 0 Å². The van der Waals surface area contributed by atoms with Crippen molar-refractivity contribution >= 4 is 46.0 Å². The van der Waals surface area contributed by atoms with Crippen LogP contribution < -0.4 is 10.6 Å². The first-order valence-electron chi connectivity index (χ1n) is 15.7. The van der Waals surface area contributed by atoms with E-state index in [0.717, 1.165) is 0 Å². The highest BCUT2D eigenvalue weighted by atomic mass is 28.4. The molecule has 0 saturated carbocycles. The van der Waals surface area contributed by atoms with E-state index < -0.39 is 34.7 Å². The summed E-state index contributed by atoms with van der Waals surface area (Å²) in [5, 5.41) is 46.9. The first-order chi connectivity index (χ1) is 23.6. The van der Waals surface area contributed by atoms with Crippen molar-refractivity contribution in [1.82, 2.24) is 0 Å². The Labute approximate surface area is 289 Å². The van der Waals surface area contributed by atoms with Gasteiger partial charge in [-0.25, -0.2) is 0 Å². The van der Waals surface area contributed by atoms with Crippen molar-refractivity contribution in [2.75, 3.05) is 92.8 Å². The molecule has 0 spiro atoms. The van der Waals surface area contributed by atoms with Crippen LogP contribution in [0.4, 0.5) is 28.4 Å². The smallest absolute Gasteiger partial charge is 0.389 e. The van der Waals surface area contributed by atoms with Crippen LogP contribution in [0.25, 0.3) is 0 Å². The summed E-state index contributed by atoms with van der Waals surface area (Å²) in [5.74, 6) is 0. The van der Waals surface area contributed by atoms with Gasteiger partial charge in [-0.2, -0.15) is 5.11 Å². The van der Waals surface area contributed by atoms with Crippen molar-refractivity contribution in [1.29, 1.82) is 0 Å².